The summed E-state index contributed by atoms with van der Waals surface area (Å²) in [4.78, 5) is 13.5. The fourth-order valence-electron chi connectivity index (χ4n) is 2.41. The van der Waals surface area contributed by atoms with Crippen LogP contribution in [0.25, 0.3) is 0 Å². The number of carbonyl (C=O) groups excluding carboxylic acids is 1. The molecular weight excluding hydrogens is 288 g/mol. The molecule has 4 nitrogen and oxygen atoms in total. The summed E-state index contributed by atoms with van der Waals surface area (Å²) >= 11 is 6.29. The highest BCUT2D eigenvalue weighted by Crippen LogP contribution is 2.30. The predicted molar refractivity (Wildman–Crippen MR) is 84.8 cm³/mol. The lowest BCUT2D eigenvalue weighted by atomic mass is 10.1. The van der Waals surface area contributed by atoms with Crippen LogP contribution >= 0.6 is 11.6 Å². The molecule has 1 saturated heterocycles. The molecule has 1 heterocycles. The Hall–Kier alpha value is -1.26. The van der Waals surface area contributed by atoms with Crippen LogP contribution in [0.4, 0.5) is 0 Å². The summed E-state index contributed by atoms with van der Waals surface area (Å²) in [5.74, 6) is 0.602. The monoisotopic (exact) mass is 310 g/mol. The molecule has 1 amide bonds. The van der Waals surface area contributed by atoms with E-state index in [2.05, 4.69) is 19.2 Å². The van der Waals surface area contributed by atoms with Gasteiger partial charge in [-0.15, -0.1) is 0 Å². The molecule has 2 unspecified atom stereocenters. The van der Waals surface area contributed by atoms with E-state index in [1.807, 2.05) is 18.2 Å². The van der Waals surface area contributed by atoms with Gasteiger partial charge in [0.15, 0.2) is 6.10 Å². The van der Waals surface area contributed by atoms with E-state index in [1.54, 1.807) is 11.9 Å². The Morgan fingerprint density at radius 2 is 2.29 bits per heavy atom. The summed E-state index contributed by atoms with van der Waals surface area (Å²) in [5.41, 5.74) is 1.12. The summed E-state index contributed by atoms with van der Waals surface area (Å²) in [6.45, 7) is 5.95. The van der Waals surface area contributed by atoms with Crippen molar-refractivity contribution in [1.82, 2.24) is 10.2 Å². The maximum absolute atomic E-state index is 11.9. The maximum Gasteiger partial charge on any atom is 0.263 e. The predicted octanol–water partition coefficient (Wildman–Crippen LogP) is 3.01. The minimum Gasteiger partial charge on any atom is -0.479 e. The number of rotatable bonds is 6. The molecule has 116 valence electrons. The molecule has 1 aliphatic heterocycles. The Morgan fingerprint density at radius 3 is 2.86 bits per heavy atom. The smallest absolute Gasteiger partial charge is 0.263 e. The van der Waals surface area contributed by atoms with Crippen molar-refractivity contribution in [2.24, 2.45) is 0 Å². The molecule has 21 heavy (non-hydrogen) atoms. The molecule has 1 aliphatic rings. The normalized spacial score (nSPS) is 19.9. The van der Waals surface area contributed by atoms with Crippen molar-refractivity contribution in [3.05, 3.63) is 28.8 Å². The standard InChI is InChI=1S/C16H23ClN2O2/c1-4-8-18-11(2)12-5-6-14(13(17)10-12)21-15-7-9-19(3)16(15)20/h5-6,10-11,15,18H,4,7-9H2,1-3H3. The number of hydrogen-bond donors (Lipinski definition) is 1. The van der Waals surface area contributed by atoms with Crippen LogP contribution < -0.4 is 10.1 Å². The van der Waals surface area contributed by atoms with Gasteiger partial charge in [0.1, 0.15) is 5.75 Å². The van der Waals surface area contributed by atoms with Crippen LogP contribution in [-0.4, -0.2) is 37.0 Å². The molecule has 0 spiro atoms. The van der Waals surface area contributed by atoms with Crippen molar-refractivity contribution in [1.29, 1.82) is 0 Å². The summed E-state index contributed by atoms with van der Waals surface area (Å²) in [5, 5.41) is 3.98. The number of halogens is 1. The molecule has 2 rings (SSSR count). The highest BCUT2D eigenvalue weighted by molar-refractivity contribution is 6.32. The average Bonchev–Trinajstić information content (AvgIpc) is 2.78. The number of benzene rings is 1. The summed E-state index contributed by atoms with van der Waals surface area (Å²) in [6.07, 6.45) is 1.40. The van der Waals surface area contributed by atoms with E-state index in [9.17, 15) is 4.79 Å². The van der Waals surface area contributed by atoms with E-state index in [0.29, 0.717) is 17.2 Å². The van der Waals surface area contributed by atoms with Crippen LogP contribution in [0.15, 0.2) is 18.2 Å². The van der Waals surface area contributed by atoms with E-state index in [-0.39, 0.29) is 11.9 Å². The van der Waals surface area contributed by atoms with Gasteiger partial charge in [-0.3, -0.25) is 4.79 Å². The van der Waals surface area contributed by atoms with Crippen molar-refractivity contribution in [2.75, 3.05) is 20.1 Å². The molecule has 0 radical (unpaired) electrons. The molecule has 5 heteroatoms. The number of carbonyl (C=O) groups is 1. The molecule has 1 fully saturated rings. The lowest BCUT2D eigenvalue weighted by Crippen LogP contribution is -2.29. The van der Waals surface area contributed by atoms with E-state index < -0.39 is 6.10 Å². The number of nitrogens with zero attached hydrogens (tertiary/aromatic N) is 1. The number of hydrogen-bond acceptors (Lipinski definition) is 3. The Kier molecular flexibility index (Phi) is 5.48. The van der Waals surface area contributed by atoms with Gasteiger partial charge >= 0.3 is 0 Å². The fraction of sp³-hybridized carbons (Fsp3) is 0.562. The van der Waals surface area contributed by atoms with Gasteiger partial charge in [-0.05, 0) is 37.6 Å². The van der Waals surface area contributed by atoms with Gasteiger partial charge in [-0.2, -0.15) is 0 Å². The van der Waals surface area contributed by atoms with Crippen LogP contribution in [0.5, 0.6) is 5.75 Å². The van der Waals surface area contributed by atoms with Crippen LogP contribution in [-0.2, 0) is 4.79 Å². The van der Waals surface area contributed by atoms with Gasteiger partial charge in [-0.1, -0.05) is 24.6 Å². The first kappa shape index (κ1) is 16.1. The third kappa shape index (κ3) is 3.89. The van der Waals surface area contributed by atoms with Gasteiger partial charge in [0.2, 0.25) is 0 Å². The third-order valence-electron chi connectivity index (χ3n) is 3.80. The van der Waals surface area contributed by atoms with Crippen molar-refractivity contribution < 1.29 is 9.53 Å². The third-order valence-corrected chi connectivity index (χ3v) is 4.10. The molecular formula is C16H23ClN2O2. The Bertz CT molecular complexity index is 507. The summed E-state index contributed by atoms with van der Waals surface area (Å²) < 4.78 is 5.76. The minimum absolute atomic E-state index is 0.0214. The van der Waals surface area contributed by atoms with E-state index >= 15 is 0 Å². The van der Waals surface area contributed by atoms with Gasteiger partial charge in [0, 0.05) is 26.1 Å². The average molecular weight is 311 g/mol. The zero-order valence-electron chi connectivity index (χ0n) is 12.9. The molecule has 1 N–H and O–H groups in total. The number of likely N-dealkylation sites (tertiary alicyclic amines) is 1. The second-order valence-corrected chi connectivity index (χ2v) is 5.93. The zero-order chi connectivity index (χ0) is 15.4. The molecule has 1 aromatic rings. The first-order valence-corrected chi connectivity index (χ1v) is 7.85. The van der Waals surface area contributed by atoms with Crippen molar-refractivity contribution in [2.45, 2.75) is 38.8 Å². The van der Waals surface area contributed by atoms with Crippen LogP contribution in [0, 0.1) is 0 Å². The molecule has 1 aromatic carbocycles. The molecule has 2 atom stereocenters. The Morgan fingerprint density at radius 1 is 1.52 bits per heavy atom. The second kappa shape index (κ2) is 7.14. The lowest BCUT2D eigenvalue weighted by molar-refractivity contribution is -0.132. The van der Waals surface area contributed by atoms with Gasteiger partial charge in [0.05, 0.1) is 5.02 Å². The van der Waals surface area contributed by atoms with Gasteiger partial charge < -0.3 is 15.0 Å². The second-order valence-electron chi connectivity index (χ2n) is 5.52. The minimum atomic E-state index is -0.408. The maximum atomic E-state index is 11.9. The van der Waals surface area contributed by atoms with Gasteiger partial charge in [0.25, 0.3) is 5.91 Å². The Balaban J connectivity index is 2.04. The zero-order valence-corrected chi connectivity index (χ0v) is 13.6. The SMILES string of the molecule is CCCNC(C)c1ccc(OC2CCN(C)C2=O)c(Cl)c1. The Labute approximate surface area is 131 Å². The van der Waals surface area contributed by atoms with Crippen LogP contribution in [0.2, 0.25) is 5.02 Å². The molecule has 0 aliphatic carbocycles. The van der Waals surface area contributed by atoms with Crippen LogP contribution in [0.3, 0.4) is 0 Å². The summed E-state index contributed by atoms with van der Waals surface area (Å²) in [6, 6.07) is 6.01. The highest BCUT2D eigenvalue weighted by atomic mass is 35.5. The van der Waals surface area contributed by atoms with Gasteiger partial charge in [-0.25, -0.2) is 0 Å². The van der Waals surface area contributed by atoms with Crippen molar-refractivity contribution in [3.63, 3.8) is 0 Å². The number of nitrogens with one attached hydrogen (secondary N) is 1. The van der Waals surface area contributed by atoms with E-state index in [0.717, 1.165) is 25.1 Å². The first-order chi connectivity index (χ1) is 10.0. The first-order valence-electron chi connectivity index (χ1n) is 7.47. The number of amides is 1. The van der Waals surface area contributed by atoms with E-state index in [1.165, 1.54) is 0 Å². The summed E-state index contributed by atoms with van der Waals surface area (Å²) in [7, 11) is 1.79. The highest BCUT2D eigenvalue weighted by Gasteiger charge is 2.31. The fourth-order valence-corrected chi connectivity index (χ4v) is 2.65. The quantitative estimate of drug-likeness (QED) is 0.878. The molecule has 0 saturated carbocycles. The van der Waals surface area contributed by atoms with Crippen LogP contribution in [0.1, 0.15) is 38.3 Å². The molecule has 0 aromatic heterocycles. The van der Waals surface area contributed by atoms with Crippen molar-refractivity contribution >= 4 is 17.5 Å². The topological polar surface area (TPSA) is 41.6 Å². The number of likely N-dealkylation sites (N-methyl/N-ethyl adjacent to an activating group) is 1. The lowest BCUT2D eigenvalue weighted by Gasteiger charge is -2.17. The van der Waals surface area contributed by atoms with Crippen molar-refractivity contribution in [3.8, 4) is 5.75 Å². The van der Waals surface area contributed by atoms with E-state index in [4.69, 9.17) is 16.3 Å². The number of ether oxygens (including phenoxy) is 1. The molecule has 0 bridgehead atoms. The largest absolute Gasteiger partial charge is 0.479 e.